The minimum Gasteiger partial charge on any atom is -0.459 e. The van der Waals surface area contributed by atoms with E-state index in [-0.39, 0.29) is 28.7 Å². The molecule has 0 saturated carbocycles. The molecule has 9 heteroatoms. The van der Waals surface area contributed by atoms with Crippen LogP contribution in [-0.4, -0.2) is 22.7 Å². The number of hydrogen-bond acceptors (Lipinski definition) is 6. The number of nitrogens with two attached hydrogens (primary N) is 1. The number of carbonyl (C=O) groups is 3. The Hall–Kier alpha value is -3.88. The summed E-state index contributed by atoms with van der Waals surface area (Å²) in [7, 11) is 0. The molecule has 0 fully saturated rings. The summed E-state index contributed by atoms with van der Waals surface area (Å²) in [5.74, 6) is -1.81. The maximum atomic E-state index is 12.2. The molecule has 2 aromatic heterocycles. The number of primary amides is 1. The van der Waals surface area contributed by atoms with E-state index in [0.29, 0.717) is 0 Å². The van der Waals surface area contributed by atoms with Crippen molar-refractivity contribution >= 4 is 29.4 Å². The lowest BCUT2D eigenvalue weighted by Gasteiger charge is -2.06. The molecule has 3 aromatic rings. The quantitative estimate of drug-likeness (QED) is 0.647. The van der Waals surface area contributed by atoms with E-state index >= 15 is 0 Å². The Morgan fingerprint density at radius 3 is 2.48 bits per heavy atom. The minimum absolute atomic E-state index is 0.0691. The number of nitrogens with zero attached hydrogens (tertiary/aromatic N) is 1. The van der Waals surface area contributed by atoms with Crippen molar-refractivity contribution in [1.82, 2.24) is 4.98 Å². The molecule has 3 amide bonds. The van der Waals surface area contributed by atoms with Gasteiger partial charge in [-0.2, -0.15) is 4.98 Å². The highest BCUT2D eigenvalue weighted by Crippen LogP contribution is 2.16. The van der Waals surface area contributed by atoms with Crippen molar-refractivity contribution in [2.75, 3.05) is 10.6 Å². The summed E-state index contributed by atoms with van der Waals surface area (Å²) in [5.41, 5.74) is 5.56. The summed E-state index contributed by atoms with van der Waals surface area (Å²) < 4.78 is 9.96. The van der Waals surface area contributed by atoms with Crippen LogP contribution in [0.1, 0.15) is 31.4 Å². The van der Waals surface area contributed by atoms with E-state index in [0.717, 1.165) is 6.26 Å². The van der Waals surface area contributed by atoms with Crippen molar-refractivity contribution in [2.24, 2.45) is 5.73 Å². The zero-order chi connectivity index (χ0) is 17.8. The van der Waals surface area contributed by atoms with Gasteiger partial charge < -0.3 is 19.9 Å². The Labute approximate surface area is 140 Å². The van der Waals surface area contributed by atoms with E-state index < -0.39 is 17.7 Å². The number of nitrogens with one attached hydrogen (secondary N) is 2. The Morgan fingerprint density at radius 2 is 1.76 bits per heavy atom. The van der Waals surface area contributed by atoms with Gasteiger partial charge in [-0.25, -0.2) is 0 Å². The fourth-order valence-corrected chi connectivity index (χ4v) is 2.00. The van der Waals surface area contributed by atoms with E-state index in [2.05, 4.69) is 15.6 Å². The Kier molecular flexibility index (Phi) is 4.29. The van der Waals surface area contributed by atoms with Crippen molar-refractivity contribution in [3.8, 4) is 0 Å². The van der Waals surface area contributed by atoms with Gasteiger partial charge in [0.15, 0.2) is 11.5 Å². The minimum atomic E-state index is -0.678. The molecule has 1 aromatic carbocycles. The molecule has 3 rings (SSSR count). The SMILES string of the molecule is NC(=O)c1ccccc1NC(=O)c1coc(NC(=O)c2ccco2)n1. The molecule has 0 atom stereocenters. The van der Waals surface area contributed by atoms with Crippen molar-refractivity contribution in [2.45, 2.75) is 0 Å². The number of benzene rings is 1. The molecule has 0 radical (unpaired) electrons. The normalized spacial score (nSPS) is 10.2. The number of para-hydroxylation sites is 1. The lowest BCUT2D eigenvalue weighted by Crippen LogP contribution is -2.18. The van der Waals surface area contributed by atoms with Crippen LogP contribution in [0.25, 0.3) is 0 Å². The summed E-state index contributed by atoms with van der Waals surface area (Å²) in [5, 5.41) is 4.86. The van der Waals surface area contributed by atoms with Crippen LogP contribution in [-0.2, 0) is 0 Å². The van der Waals surface area contributed by atoms with E-state index in [1.807, 2.05) is 0 Å². The number of furan rings is 1. The summed E-state index contributed by atoms with van der Waals surface area (Å²) in [6.45, 7) is 0. The van der Waals surface area contributed by atoms with Gasteiger partial charge in [0.05, 0.1) is 17.5 Å². The average molecular weight is 340 g/mol. The fraction of sp³-hybridized carbons (Fsp3) is 0. The first-order chi connectivity index (χ1) is 12.0. The van der Waals surface area contributed by atoms with Crippen molar-refractivity contribution < 1.29 is 23.2 Å². The van der Waals surface area contributed by atoms with Gasteiger partial charge in [0.2, 0.25) is 0 Å². The second-order valence-corrected chi connectivity index (χ2v) is 4.83. The second-order valence-electron chi connectivity index (χ2n) is 4.83. The van der Waals surface area contributed by atoms with Gasteiger partial charge >= 0.3 is 6.01 Å². The summed E-state index contributed by atoms with van der Waals surface area (Å²) in [6, 6.07) is 9.11. The topological polar surface area (TPSA) is 140 Å². The van der Waals surface area contributed by atoms with Crippen LogP contribution in [0.5, 0.6) is 0 Å². The number of anilines is 2. The third-order valence-corrected chi connectivity index (χ3v) is 3.14. The van der Waals surface area contributed by atoms with Gasteiger partial charge in [-0.1, -0.05) is 12.1 Å². The first kappa shape index (κ1) is 16.0. The molecule has 126 valence electrons. The molecule has 0 saturated heterocycles. The van der Waals surface area contributed by atoms with E-state index in [9.17, 15) is 14.4 Å². The van der Waals surface area contributed by atoms with Crippen LogP contribution in [0.2, 0.25) is 0 Å². The summed E-state index contributed by atoms with van der Waals surface area (Å²) >= 11 is 0. The zero-order valence-electron chi connectivity index (χ0n) is 12.7. The number of aromatic nitrogens is 1. The molecule has 2 heterocycles. The number of amides is 3. The molecule has 0 spiro atoms. The number of oxazole rings is 1. The molecular weight excluding hydrogens is 328 g/mol. The Morgan fingerprint density at radius 1 is 0.960 bits per heavy atom. The maximum Gasteiger partial charge on any atom is 0.302 e. The third kappa shape index (κ3) is 3.55. The Bertz CT molecular complexity index is 930. The molecule has 0 aliphatic heterocycles. The zero-order valence-corrected chi connectivity index (χ0v) is 12.7. The summed E-state index contributed by atoms with van der Waals surface area (Å²) in [4.78, 5) is 39.2. The fourth-order valence-electron chi connectivity index (χ4n) is 2.00. The molecule has 0 unspecified atom stereocenters. The van der Waals surface area contributed by atoms with Gasteiger partial charge in [0.1, 0.15) is 6.26 Å². The maximum absolute atomic E-state index is 12.2. The van der Waals surface area contributed by atoms with Crippen LogP contribution in [0.4, 0.5) is 11.7 Å². The highest BCUT2D eigenvalue weighted by Gasteiger charge is 2.17. The third-order valence-electron chi connectivity index (χ3n) is 3.14. The first-order valence-corrected chi connectivity index (χ1v) is 7.05. The van der Waals surface area contributed by atoms with Gasteiger partial charge in [0.25, 0.3) is 17.7 Å². The number of carbonyl (C=O) groups excluding carboxylic acids is 3. The second kappa shape index (κ2) is 6.71. The predicted molar refractivity (Wildman–Crippen MR) is 86.1 cm³/mol. The predicted octanol–water partition coefficient (Wildman–Crippen LogP) is 1.87. The smallest absolute Gasteiger partial charge is 0.302 e. The van der Waals surface area contributed by atoms with Crippen LogP contribution in [0.3, 0.4) is 0 Å². The van der Waals surface area contributed by atoms with Crippen molar-refractivity contribution in [1.29, 1.82) is 0 Å². The van der Waals surface area contributed by atoms with Gasteiger partial charge in [-0.15, -0.1) is 0 Å². The van der Waals surface area contributed by atoms with Crippen LogP contribution in [0, 0.1) is 0 Å². The van der Waals surface area contributed by atoms with E-state index in [4.69, 9.17) is 14.6 Å². The van der Waals surface area contributed by atoms with Gasteiger partial charge in [0, 0.05) is 0 Å². The standard InChI is InChI=1S/C16H12N4O5/c17-13(21)9-4-1-2-5-10(9)18-14(22)11-8-25-16(19-11)20-15(23)12-6-3-7-24-12/h1-8H,(H2,17,21)(H,18,22)(H,19,20,23). The van der Waals surface area contributed by atoms with E-state index in [1.54, 1.807) is 18.2 Å². The largest absolute Gasteiger partial charge is 0.459 e. The molecule has 0 aliphatic rings. The Balaban J connectivity index is 1.71. The van der Waals surface area contributed by atoms with Gasteiger partial charge in [-0.3, -0.25) is 19.7 Å². The van der Waals surface area contributed by atoms with Gasteiger partial charge in [-0.05, 0) is 24.3 Å². The molecule has 25 heavy (non-hydrogen) atoms. The first-order valence-electron chi connectivity index (χ1n) is 7.05. The molecule has 9 nitrogen and oxygen atoms in total. The summed E-state index contributed by atoms with van der Waals surface area (Å²) in [6.07, 6.45) is 2.42. The molecule has 0 bridgehead atoms. The number of hydrogen-bond donors (Lipinski definition) is 3. The molecule has 0 aliphatic carbocycles. The highest BCUT2D eigenvalue weighted by atomic mass is 16.4. The molecular formula is C16H12N4O5. The average Bonchev–Trinajstić information content (AvgIpc) is 3.27. The van der Waals surface area contributed by atoms with Crippen molar-refractivity contribution in [3.63, 3.8) is 0 Å². The van der Waals surface area contributed by atoms with Crippen molar-refractivity contribution in [3.05, 3.63) is 65.9 Å². The highest BCUT2D eigenvalue weighted by molar-refractivity contribution is 6.08. The monoisotopic (exact) mass is 340 g/mol. The lowest BCUT2D eigenvalue weighted by molar-refractivity contribution is 0.0986. The lowest BCUT2D eigenvalue weighted by atomic mass is 10.1. The van der Waals surface area contributed by atoms with Crippen LogP contribution >= 0.6 is 0 Å². The van der Waals surface area contributed by atoms with E-state index in [1.165, 1.54) is 24.5 Å². The van der Waals surface area contributed by atoms with Crippen LogP contribution < -0.4 is 16.4 Å². The van der Waals surface area contributed by atoms with Crippen LogP contribution in [0.15, 0.2) is 57.8 Å². The molecule has 4 N–H and O–H groups in total. The number of rotatable bonds is 5.